The summed E-state index contributed by atoms with van der Waals surface area (Å²) in [6.07, 6.45) is 0. The van der Waals surface area contributed by atoms with Crippen LogP contribution in [-0.4, -0.2) is 45.1 Å². The van der Waals surface area contributed by atoms with E-state index in [9.17, 15) is 13.2 Å². The van der Waals surface area contributed by atoms with Crippen molar-refractivity contribution < 1.29 is 17.9 Å². The van der Waals surface area contributed by atoms with Crippen molar-refractivity contribution in [2.75, 3.05) is 28.4 Å². The molecule has 4 rings (SSSR count). The number of hydrogen-bond donors (Lipinski definition) is 0. The lowest BCUT2D eigenvalue weighted by Crippen LogP contribution is -2.38. The van der Waals surface area contributed by atoms with Crippen molar-refractivity contribution in [1.29, 1.82) is 0 Å². The van der Waals surface area contributed by atoms with Gasteiger partial charge < -0.3 is 4.74 Å². The van der Waals surface area contributed by atoms with E-state index in [-0.39, 0.29) is 23.6 Å². The summed E-state index contributed by atoms with van der Waals surface area (Å²) in [7, 11) is -1.62. The van der Waals surface area contributed by atoms with Crippen LogP contribution >= 0.6 is 0 Å². The molecule has 2 aliphatic heterocycles. The van der Waals surface area contributed by atoms with Gasteiger partial charge in [0.05, 0.1) is 30.7 Å². The molecule has 2 aromatic carbocycles. The third kappa shape index (κ3) is 3.06. The summed E-state index contributed by atoms with van der Waals surface area (Å²) < 4.78 is 29.9. The fourth-order valence-electron chi connectivity index (χ4n) is 4.14. The van der Waals surface area contributed by atoms with Gasteiger partial charge in [-0.3, -0.25) is 9.80 Å². The number of fused-ring (bicyclic) bond motifs is 1. The Morgan fingerprint density at radius 1 is 0.889 bits per heavy atom. The van der Waals surface area contributed by atoms with Crippen molar-refractivity contribution in [2.24, 2.45) is 0 Å². The van der Waals surface area contributed by atoms with Crippen molar-refractivity contribution in [3.8, 4) is 5.75 Å². The van der Waals surface area contributed by atoms with E-state index in [1.54, 1.807) is 41.2 Å². The minimum Gasteiger partial charge on any atom is -0.497 e. The first-order valence-corrected chi connectivity index (χ1v) is 10.7. The number of carbonyl (C=O) groups is 1. The molecule has 0 aromatic heterocycles. The lowest BCUT2D eigenvalue weighted by Gasteiger charge is -2.23. The Balaban J connectivity index is 1.80. The number of urea groups is 1. The molecule has 2 aliphatic rings. The molecule has 0 aliphatic carbocycles. The van der Waals surface area contributed by atoms with E-state index < -0.39 is 15.9 Å². The number of anilines is 2. The van der Waals surface area contributed by atoms with Gasteiger partial charge in [-0.05, 0) is 61.4 Å². The molecule has 0 bridgehead atoms. The Morgan fingerprint density at radius 2 is 1.41 bits per heavy atom. The summed E-state index contributed by atoms with van der Waals surface area (Å²) in [6, 6.07) is 12.1. The number of methoxy groups -OCH3 is 1. The van der Waals surface area contributed by atoms with E-state index in [1.807, 2.05) is 32.0 Å². The minimum atomic E-state index is -3.20. The highest BCUT2D eigenvalue weighted by Gasteiger charge is 2.54. The Labute approximate surface area is 159 Å². The topological polar surface area (TPSA) is 66.9 Å². The van der Waals surface area contributed by atoms with Gasteiger partial charge in [0.25, 0.3) is 0 Å². The Morgan fingerprint density at radius 3 is 1.93 bits per heavy atom. The number of benzene rings is 2. The van der Waals surface area contributed by atoms with Crippen LogP contribution in [0.4, 0.5) is 16.2 Å². The molecule has 0 saturated carbocycles. The zero-order valence-electron chi connectivity index (χ0n) is 15.5. The highest BCUT2D eigenvalue weighted by atomic mass is 32.2. The molecular formula is C20H22N2O4S. The van der Waals surface area contributed by atoms with Crippen LogP contribution < -0.4 is 14.5 Å². The molecule has 0 N–H and O–H groups in total. The van der Waals surface area contributed by atoms with E-state index in [2.05, 4.69) is 0 Å². The van der Waals surface area contributed by atoms with Gasteiger partial charge in [-0.1, -0.05) is 6.07 Å². The number of nitrogens with zero attached hydrogens (tertiary/aromatic N) is 2. The van der Waals surface area contributed by atoms with Gasteiger partial charge in [0.1, 0.15) is 5.75 Å². The standard InChI is InChI=1S/C20H22N2O4S/c1-13-8-14(2)10-16(9-13)22-19-12-27(24,25)11-18(19)21(20(22)23)15-4-6-17(26-3)7-5-15/h4-10,18-19H,11-12H2,1-3H3/t18-,19+/m0/s1. The number of sulfone groups is 1. The van der Waals surface area contributed by atoms with Crippen LogP contribution in [-0.2, 0) is 9.84 Å². The molecular weight excluding hydrogens is 364 g/mol. The average Bonchev–Trinajstić information content (AvgIpc) is 3.02. The smallest absolute Gasteiger partial charge is 0.329 e. The van der Waals surface area contributed by atoms with Gasteiger partial charge in [0.2, 0.25) is 0 Å². The first kappa shape index (κ1) is 17.9. The van der Waals surface area contributed by atoms with Crippen LogP contribution in [0.3, 0.4) is 0 Å². The highest BCUT2D eigenvalue weighted by Crippen LogP contribution is 2.38. The Bertz CT molecular complexity index is 981. The number of rotatable bonds is 3. The number of aryl methyl sites for hydroxylation is 2. The summed E-state index contributed by atoms with van der Waals surface area (Å²) in [5, 5.41) is 0. The second-order valence-corrected chi connectivity index (χ2v) is 9.43. The predicted molar refractivity (Wildman–Crippen MR) is 105 cm³/mol. The predicted octanol–water partition coefficient (Wildman–Crippen LogP) is 2.92. The molecule has 7 heteroatoms. The van der Waals surface area contributed by atoms with Gasteiger partial charge in [-0.2, -0.15) is 0 Å². The maximum atomic E-state index is 13.3. The zero-order valence-corrected chi connectivity index (χ0v) is 16.4. The Hall–Kier alpha value is -2.54. The number of amides is 2. The highest BCUT2D eigenvalue weighted by molar-refractivity contribution is 7.91. The van der Waals surface area contributed by atoms with Crippen LogP contribution in [0.5, 0.6) is 5.75 Å². The maximum Gasteiger partial charge on any atom is 0.329 e. The Kier molecular flexibility index (Phi) is 4.14. The third-order valence-corrected chi connectivity index (χ3v) is 6.90. The summed E-state index contributed by atoms with van der Waals surface area (Å²) >= 11 is 0. The molecule has 0 unspecified atom stereocenters. The summed E-state index contributed by atoms with van der Waals surface area (Å²) in [6.45, 7) is 3.95. The molecule has 27 heavy (non-hydrogen) atoms. The van der Waals surface area contributed by atoms with Gasteiger partial charge in [-0.15, -0.1) is 0 Å². The SMILES string of the molecule is COc1ccc(N2C(=O)N(c3cc(C)cc(C)c3)[C@@H]3CS(=O)(=O)C[C@@H]32)cc1. The number of hydrogen-bond acceptors (Lipinski definition) is 4. The molecule has 2 aromatic rings. The van der Waals surface area contributed by atoms with Crippen LogP contribution in [0.2, 0.25) is 0 Å². The number of carbonyl (C=O) groups excluding carboxylic acids is 1. The summed E-state index contributed by atoms with van der Waals surface area (Å²) in [4.78, 5) is 16.6. The average molecular weight is 386 g/mol. The van der Waals surface area contributed by atoms with Crippen molar-refractivity contribution in [2.45, 2.75) is 25.9 Å². The van der Waals surface area contributed by atoms with E-state index in [1.165, 1.54) is 0 Å². The minimum absolute atomic E-state index is 0.0109. The molecule has 2 heterocycles. The van der Waals surface area contributed by atoms with Gasteiger partial charge in [0, 0.05) is 11.4 Å². The third-order valence-electron chi connectivity index (χ3n) is 5.20. The largest absolute Gasteiger partial charge is 0.497 e. The summed E-state index contributed by atoms with van der Waals surface area (Å²) in [5.74, 6) is 0.659. The van der Waals surface area contributed by atoms with Crippen LogP contribution in [0.1, 0.15) is 11.1 Å². The van der Waals surface area contributed by atoms with Crippen LogP contribution in [0.15, 0.2) is 42.5 Å². The number of ether oxygens (including phenoxy) is 1. The van der Waals surface area contributed by atoms with E-state index in [4.69, 9.17) is 4.74 Å². The van der Waals surface area contributed by atoms with Gasteiger partial charge in [0.15, 0.2) is 9.84 Å². The lowest BCUT2D eigenvalue weighted by atomic mass is 10.1. The second kappa shape index (κ2) is 6.27. The quantitative estimate of drug-likeness (QED) is 0.761. The van der Waals surface area contributed by atoms with Crippen molar-refractivity contribution in [1.82, 2.24) is 0 Å². The van der Waals surface area contributed by atoms with Crippen molar-refractivity contribution in [3.05, 3.63) is 53.6 Å². The fourth-order valence-corrected chi connectivity index (χ4v) is 6.06. The van der Waals surface area contributed by atoms with Gasteiger partial charge in [-0.25, -0.2) is 13.2 Å². The van der Waals surface area contributed by atoms with E-state index in [0.29, 0.717) is 11.4 Å². The van der Waals surface area contributed by atoms with Crippen molar-refractivity contribution >= 4 is 27.2 Å². The van der Waals surface area contributed by atoms with Crippen LogP contribution in [0.25, 0.3) is 0 Å². The maximum absolute atomic E-state index is 13.3. The lowest BCUT2D eigenvalue weighted by molar-refractivity contribution is 0.255. The molecule has 0 radical (unpaired) electrons. The molecule has 2 atom stereocenters. The van der Waals surface area contributed by atoms with E-state index in [0.717, 1.165) is 16.8 Å². The first-order valence-electron chi connectivity index (χ1n) is 8.84. The molecule has 6 nitrogen and oxygen atoms in total. The van der Waals surface area contributed by atoms with Crippen LogP contribution in [0, 0.1) is 13.8 Å². The summed E-state index contributed by atoms with van der Waals surface area (Å²) in [5.41, 5.74) is 3.51. The molecule has 0 spiro atoms. The second-order valence-electron chi connectivity index (χ2n) is 7.28. The molecule has 2 amide bonds. The van der Waals surface area contributed by atoms with Crippen molar-refractivity contribution in [3.63, 3.8) is 0 Å². The fraction of sp³-hybridized carbons (Fsp3) is 0.350. The monoisotopic (exact) mass is 386 g/mol. The molecule has 2 saturated heterocycles. The van der Waals surface area contributed by atoms with Gasteiger partial charge >= 0.3 is 6.03 Å². The molecule has 142 valence electrons. The normalized spacial score (nSPS) is 23.6. The van der Waals surface area contributed by atoms with E-state index >= 15 is 0 Å². The zero-order chi connectivity index (χ0) is 19.3. The molecule has 2 fully saturated rings. The first-order chi connectivity index (χ1) is 12.8.